The molecule has 0 radical (unpaired) electrons. The lowest BCUT2D eigenvalue weighted by Crippen LogP contribution is -2.34. The van der Waals surface area contributed by atoms with E-state index in [-0.39, 0.29) is 0 Å². The first-order chi connectivity index (χ1) is 12.2. The van der Waals surface area contributed by atoms with Crippen molar-refractivity contribution in [2.24, 2.45) is 10.3 Å². The van der Waals surface area contributed by atoms with Crippen LogP contribution in [0.4, 0.5) is 5.69 Å². The molecule has 4 nitrogen and oxygen atoms in total. The van der Waals surface area contributed by atoms with Crippen molar-refractivity contribution in [1.82, 2.24) is 10.5 Å². The number of hydrogen-bond acceptors (Lipinski definition) is 4. The molecule has 2 aromatic carbocycles. The molecule has 1 aliphatic rings. The van der Waals surface area contributed by atoms with Gasteiger partial charge in [0, 0.05) is 18.0 Å². The van der Waals surface area contributed by atoms with Crippen LogP contribution in [0.15, 0.2) is 62.6 Å². The standard InChI is InChI=1S/C19H23ClN4S/c1-15-9-11-16(12-10-15)25-19-17(20)7-6-8-18(19)21-22-23-24-13-4-2-3-5-14-24/h6-12H,2-5,13-14H2,1H3,(H,21,23). The van der Waals surface area contributed by atoms with Gasteiger partial charge in [0.05, 0.1) is 9.92 Å². The molecule has 0 bridgehead atoms. The van der Waals surface area contributed by atoms with E-state index in [1.807, 2.05) is 18.2 Å². The van der Waals surface area contributed by atoms with Crippen molar-refractivity contribution in [3.8, 4) is 0 Å². The summed E-state index contributed by atoms with van der Waals surface area (Å²) >= 11 is 8.02. The van der Waals surface area contributed by atoms with Crippen molar-refractivity contribution >= 4 is 29.1 Å². The molecule has 3 rings (SSSR count). The number of benzene rings is 2. The Bertz CT molecular complexity index is 710. The summed E-state index contributed by atoms with van der Waals surface area (Å²) < 4.78 is 0. The number of rotatable bonds is 5. The van der Waals surface area contributed by atoms with Gasteiger partial charge in [0.15, 0.2) is 0 Å². The van der Waals surface area contributed by atoms with E-state index in [2.05, 4.69) is 52.1 Å². The maximum atomic E-state index is 6.41. The molecule has 6 heteroatoms. The number of nitrogens with one attached hydrogen (secondary N) is 1. The van der Waals surface area contributed by atoms with Crippen LogP contribution in [0, 0.1) is 6.92 Å². The van der Waals surface area contributed by atoms with Crippen LogP contribution in [0.5, 0.6) is 0 Å². The Morgan fingerprint density at radius 2 is 1.72 bits per heavy atom. The molecule has 1 fully saturated rings. The molecule has 0 spiro atoms. The van der Waals surface area contributed by atoms with Gasteiger partial charge in [0.1, 0.15) is 5.69 Å². The molecule has 0 saturated carbocycles. The highest BCUT2D eigenvalue weighted by Gasteiger charge is 2.10. The van der Waals surface area contributed by atoms with Gasteiger partial charge in [0.2, 0.25) is 0 Å². The Morgan fingerprint density at radius 3 is 2.44 bits per heavy atom. The summed E-state index contributed by atoms with van der Waals surface area (Å²) in [5.74, 6) is 0. The molecule has 25 heavy (non-hydrogen) atoms. The number of aryl methyl sites for hydroxylation is 1. The lowest BCUT2D eigenvalue weighted by molar-refractivity contribution is 0.193. The zero-order chi connectivity index (χ0) is 17.5. The SMILES string of the molecule is Cc1ccc(Sc2c(Cl)cccc2N=NNN2CCCCCC2)cc1. The van der Waals surface area contributed by atoms with E-state index in [4.69, 9.17) is 11.6 Å². The van der Waals surface area contributed by atoms with Gasteiger partial charge in [-0.25, -0.2) is 10.5 Å². The first kappa shape index (κ1) is 18.2. The molecular weight excluding hydrogens is 352 g/mol. The molecule has 1 N–H and O–H groups in total. The van der Waals surface area contributed by atoms with Crippen molar-refractivity contribution in [3.05, 3.63) is 53.1 Å². The average molecular weight is 375 g/mol. The van der Waals surface area contributed by atoms with Crippen LogP contribution in [0.2, 0.25) is 5.02 Å². The van der Waals surface area contributed by atoms with Gasteiger partial charge in [-0.15, -0.1) is 5.11 Å². The van der Waals surface area contributed by atoms with E-state index in [9.17, 15) is 0 Å². The number of nitrogens with zero attached hydrogens (tertiary/aromatic N) is 3. The summed E-state index contributed by atoms with van der Waals surface area (Å²) in [6.07, 6.45) is 4.99. The second kappa shape index (κ2) is 9.22. The highest BCUT2D eigenvalue weighted by molar-refractivity contribution is 7.99. The third-order valence-electron chi connectivity index (χ3n) is 4.14. The number of hydrogen-bond donors (Lipinski definition) is 1. The monoisotopic (exact) mass is 374 g/mol. The lowest BCUT2D eigenvalue weighted by atomic mass is 10.2. The Labute approximate surface area is 158 Å². The molecule has 0 unspecified atom stereocenters. The topological polar surface area (TPSA) is 40.0 Å². The van der Waals surface area contributed by atoms with E-state index in [0.717, 1.165) is 28.6 Å². The minimum absolute atomic E-state index is 0.691. The van der Waals surface area contributed by atoms with Crippen LogP contribution in [-0.2, 0) is 0 Å². The third kappa shape index (κ3) is 5.46. The van der Waals surface area contributed by atoms with Crippen LogP contribution < -0.4 is 5.53 Å². The van der Waals surface area contributed by atoms with Gasteiger partial charge in [-0.3, -0.25) is 0 Å². The number of halogens is 1. The fourth-order valence-corrected chi connectivity index (χ4v) is 3.88. The summed E-state index contributed by atoms with van der Waals surface area (Å²) in [6.45, 7) is 4.11. The average Bonchev–Trinajstić information content (AvgIpc) is 2.88. The van der Waals surface area contributed by atoms with Crippen LogP contribution >= 0.6 is 23.4 Å². The summed E-state index contributed by atoms with van der Waals surface area (Å²) in [5.41, 5.74) is 5.09. The van der Waals surface area contributed by atoms with E-state index >= 15 is 0 Å². The Kier molecular flexibility index (Phi) is 6.73. The first-order valence-corrected chi connectivity index (χ1v) is 9.86. The van der Waals surface area contributed by atoms with Crippen molar-refractivity contribution in [2.45, 2.75) is 42.4 Å². The van der Waals surface area contributed by atoms with Crippen LogP contribution in [-0.4, -0.2) is 18.1 Å². The lowest BCUT2D eigenvalue weighted by Gasteiger charge is -2.17. The van der Waals surface area contributed by atoms with Crippen LogP contribution in [0.3, 0.4) is 0 Å². The van der Waals surface area contributed by atoms with Gasteiger partial charge in [-0.05, 0) is 44.0 Å². The second-order valence-corrected chi connectivity index (χ2v) is 7.70. The largest absolute Gasteiger partial charge is 0.221 e. The van der Waals surface area contributed by atoms with Gasteiger partial charge in [-0.2, -0.15) is 0 Å². The molecule has 0 atom stereocenters. The predicted molar refractivity (Wildman–Crippen MR) is 104 cm³/mol. The highest BCUT2D eigenvalue weighted by Crippen LogP contribution is 2.40. The Morgan fingerprint density at radius 1 is 1.00 bits per heavy atom. The quantitative estimate of drug-likeness (QED) is 0.501. The Hall–Kier alpha value is -1.56. The molecule has 0 aromatic heterocycles. The van der Waals surface area contributed by atoms with E-state index < -0.39 is 0 Å². The highest BCUT2D eigenvalue weighted by atomic mass is 35.5. The molecule has 0 aliphatic carbocycles. The zero-order valence-corrected chi connectivity index (χ0v) is 16.0. The molecule has 1 aliphatic heterocycles. The normalized spacial score (nSPS) is 16.1. The van der Waals surface area contributed by atoms with Gasteiger partial charge in [0.25, 0.3) is 0 Å². The number of hydrazine groups is 1. The summed E-state index contributed by atoms with van der Waals surface area (Å²) in [5, 5.41) is 11.4. The summed E-state index contributed by atoms with van der Waals surface area (Å²) in [6, 6.07) is 14.1. The molecular formula is C19H23ClN4S. The van der Waals surface area contributed by atoms with E-state index in [1.54, 1.807) is 11.8 Å². The van der Waals surface area contributed by atoms with E-state index in [1.165, 1.54) is 31.2 Å². The maximum Gasteiger partial charge on any atom is 0.103 e. The van der Waals surface area contributed by atoms with Gasteiger partial charge >= 0.3 is 0 Å². The minimum Gasteiger partial charge on any atom is -0.221 e. The van der Waals surface area contributed by atoms with Crippen LogP contribution in [0.1, 0.15) is 31.2 Å². The smallest absolute Gasteiger partial charge is 0.103 e. The molecule has 132 valence electrons. The van der Waals surface area contributed by atoms with Crippen molar-refractivity contribution in [3.63, 3.8) is 0 Å². The van der Waals surface area contributed by atoms with Crippen molar-refractivity contribution in [2.75, 3.05) is 13.1 Å². The summed E-state index contributed by atoms with van der Waals surface area (Å²) in [7, 11) is 0. The van der Waals surface area contributed by atoms with Crippen molar-refractivity contribution < 1.29 is 0 Å². The van der Waals surface area contributed by atoms with Crippen molar-refractivity contribution in [1.29, 1.82) is 0 Å². The predicted octanol–water partition coefficient (Wildman–Crippen LogP) is 6.18. The maximum absolute atomic E-state index is 6.41. The summed E-state index contributed by atoms with van der Waals surface area (Å²) in [4.78, 5) is 2.06. The van der Waals surface area contributed by atoms with Gasteiger partial charge in [-0.1, -0.05) is 65.2 Å². The third-order valence-corrected chi connectivity index (χ3v) is 5.71. The zero-order valence-electron chi connectivity index (χ0n) is 14.4. The van der Waals surface area contributed by atoms with E-state index in [0.29, 0.717) is 5.02 Å². The molecule has 2 aromatic rings. The fraction of sp³-hybridized carbons (Fsp3) is 0.368. The van der Waals surface area contributed by atoms with Gasteiger partial charge < -0.3 is 0 Å². The second-order valence-electron chi connectivity index (χ2n) is 6.20. The van der Waals surface area contributed by atoms with Crippen LogP contribution in [0.25, 0.3) is 0 Å². The molecule has 1 heterocycles. The minimum atomic E-state index is 0.691. The molecule has 1 saturated heterocycles. The molecule has 0 amide bonds. The Balaban J connectivity index is 1.71. The fourth-order valence-electron chi connectivity index (χ4n) is 2.71. The first-order valence-electron chi connectivity index (χ1n) is 8.67.